The van der Waals surface area contributed by atoms with Gasteiger partial charge in [0.1, 0.15) is 0 Å². The van der Waals surface area contributed by atoms with Crippen LogP contribution >= 0.6 is 12.6 Å². The standard InChI is InChI=1S/C6H12O3S/c1-8-6-2-4(7)5(10)3-9-6/h4-7,10H,2-3H2,1H3. The van der Waals surface area contributed by atoms with Gasteiger partial charge >= 0.3 is 0 Å². The Hall–Kier alpha value is 0.230. The van der Waals surface area contributed by atoms with E-state index in [2.05, 4.69) is 12.6 Å². The molecule has 1 rings (SSSR count). The number of aliphatic hydroxyl groups excluding tert-OH is 1. The van der Waals surface area contributed by atoms with E-state index < -0.39 is 6.10 Å². The van der Waals surface area contributed by atoms with E-state index in [0.29, 0.717) is 13.0 Å². The molecule has 0 bridgehead atoms. The van der Waals surface area contributed by atoms with E-state index in [1.165, 1.54) is 0 Å². The molecular weight excluding hydrogens is 152 g/mol. The first-order valence-corrected chi connectivity index (χ1v) is 3.76. The minimum atomic E-state index is -0.401. The van der Waals surface area contributed by atoms with Crippen molar-refractivity contribution in [1.29, 1.82) is 0 Å². The van der Waals surface area contributed by atoms with Crippen molar-refractivity contribution in [3.8, 4) is 0 Å². The van der Waals surface area contributed by atoms with Crippen LogP contribution in [0.1, 0.15) is 6.42 Å². The van der Waals surface area contributed by atoms with Crippen LogP contribution in [-0.4, -0.2) is 36.5 Å². The Morgan fingerprint density at radius 2 is 2.40 bits per heavy atom. The summed E-state index contributed by atoms with van der Waals surface area (Å²) in [6.45, 7) is 0.461. The largest absolute Gasteiger partial charge is 0.392 e. The van der Waals surface area contributed by atoms with Crippen molar-refractivity contribution in [3.05, 3.63) is 0 Å². The molecule has 10 heavy (non-hydrogen) atoms. The first-order chi connectivity index (χ1) is 4.74. The molecule has 0 aromatic rings. The number of hydrogen-bond acceptors (Lipinski definition) is 4. The molecule has 1 aliphatic heterocycles. The van der Waals surface area contributed by atoms with Crippen LogP contribution in [0.2, 0.25) is 0 Å². The van der Waals surface area contributed by atoms with Crippen molar-refractivity contribution in [2.45, 2.75) is 24.1 Å². The van der Waals surface area contributed by atoms with Gasteiger partial charge in [-0.1, -0.05) is 0 Å². The summed E-state index contributed by atoms with van der Waals surface area (Å²) in [5.41, 5.74) is 0. The molecule has 3 unspecified atom stereocenters. The molecule has 1 saturated heterocycles. The zero-order valence-corrected chi connectivity index (χ0v) is 6.75. The van der Waals surface area contributed by atoms with E-state index in [-0.39, 0.29) is 11.5 Å². The van der Waals surface area contributed by atoms with Gasteiger partial charge in [-0.15, -0.1) is 0 Å². The average Bonchev–Trinajstić information content (AvgIpc) is 1.95. The van der Waals surface area contributed by atoms with Crippen molar-refractivity contribution in [2.24, 2.45) is 0 Å². The van der Waals surface area contributed by atoms with Gasteiger partial charge in [-0.3, -0.25) is 0 Å². The van der Waals surface area contributed by atoms with Gasteiger partial charge in [-0.05, 0) is 0 Å². The summed E-state index contributed by atoms with van der Waals surface area (Å²) in [6.07, 6.45) is -0.134. The first-order valence-electron chi connectivity index (χ1n) is 3.24. The van der Waals surface area contributed by atoms with Crippen molar-refractivity contribution < 1.29 is 14.6 Å². The quantitative estimate of drug-likeness (QED) is 0.537. The molecule has 0 radical (unpaired) electrons. The van der Waals surface area contributed by atoms with E-state index in [4.69, 9.17) is 9.47 Å². The van der Waals surface area contributed by atoms with Gasteiger partial charge in [0.15, 0.2) is 6.29 Å². The number of ether oxygens (including phenoxy) is 2. The smallest absolute Gasteiger partial charge is 0.159 e. The highest BCUT2D eigenvalue weighted by Gasteiger charge is 2.26. The van der Waals surface area contributed by atoms with Gasteiger partial charge in [0.25, 0.3) is 0 Å². The summed E-state index contributed by atoms with van der Waals surface area (Å²) >= 11 is 4.11. The molecule has 3 atom stereocenters. The zero-order valence-electron chi connectivity index (χ0n) is 5.86. The van der Waals surface area contributed by atoms with Gasteiger partial charge in [-0.2, -0.15) is 12.6 Å². The van der Waals surface area contributed by atoms with Crippen LogP contribution in [0.4, 0.5) is 0 Å². The highest BCUT2D eigenvalue weighted by Crippen LogP contribution is 2.18. The summed E-state index contributed by atoms with van der Waals surface area (Å²) in [7, 11) is 1.57. The molecule has 1 heterocycles. The molecule has 0 aliphatic carbocycles. The van der Waals surface area contributed by atoms with E-state index >= 15 is 0 Å². The second kappa shape index (κ2) is 3.57. The monoisotopic (exact) mass is 164 g/mol. The van der Waals surface area contributed by atoms with E-state index in [1.54, 1.807) is 7.11 Å². The van der Waals surface area contributed by atoms with Crippen LogP contribution < -0.4 is 0 Å². The first kappa shape index (κ1) is 8.33. The van der Waals surface area contributed by atoms with Gasteiger partial charge < -0.3 is 14.6 Å². The molecule has 0 saturated carbocycles. The minimum Gasteiger partial charge on any atom is -0.392 e. The second-order valence-corrected chi connectivity index (χ2v) is 3.03. The van der Waals surface area contributed by atoms with Gasteiger partial charge in [0.05, 0.1) is 18.0 Å². The highest BCUT2D eigenvalue weighted by molar-refractivity contribution is 7.81. The maximum Gasteiger partial charge on any atom is 0.159 e. The summed E-state index contributed by atoms with van der Waals surface area (Å²) in [6, 6.07) is 0. The molecule has 0 aromatic heterocycles. The summed E-state index contributed by atoms with van der Waals surface area (Å²) < 4.78 is 10.0. The van der Waals surface area contributed by atoms with E-state index in [1.807, 2.05) is 0 Å². The maximum absolute atomic E-state index is 9.24. The summed E-state index contributed by atoms with van der Waals surface area (Å²) in [4.78, 5) is 0. The third-order valence-corrected chi connectivity index (χ3v) is 2.09. The topological polar surface area (TPSA) is 38.7 Å². The average molecular weight is 164 g/mol. The van der Waals surface area contributed by atoms with Crippen LogP contribution in [0.15, 0.2) is 0 Å². The Balaban J connectivity index is 2.33. The Kier molecular flexibility index (Phi) is 2.97. The Morgan fingerprint density at radius 3 is 2.90 bits per heavy atom. The van der Waals surface area contributed by atoms with Gasteiger partial charge in [-0.25, -0.2) is 0 Å². The van der Waals surface area contributed by atoms with Gasteiger partial charge in [0, 0.05) is 13.5 Å². The summed E-state index contributed by atoms with van der Waals surface area (Å²) in [5.74, 6) is 0. The van der Waals surface area contributed by atoms with Crippen LogP contribution in [0, 0.1) is 0 Å². The molecule has 4 heteroatoms. The molecule has 0 amide bonds. The lowest BCUT2D eigenvalue weighted by atomic mass is 10.1. The van der Waals surface area contributed by atoms with Crippen molar-refractivity contribution in [2.75, 3.05) is 13.7 Å². The maximum atomic E-state index is 9.24. The molecule has 0 spiro atoms. The molecule has 1 fully saturated rings. The lowest BCUT2D eigenvalue weighted by Gasteiger charge is -2.29. The fourth-order valence-electron chi connectivity index (χ4n) is 0.904. The lowest BCUT2D eigenvalue weighted by Crippen LogP contribution is -2.38. The van der Waals surface area contributed by atoms with Crippen LogP contribution in [-0.2, 0) is 9.47 Å². The molecule has 60 valence electrons. The predicted octanol–water partition coefficient (Wildman–Crippen LogP) is 0.0385. The number of hydrogen-bond donors (Lipinski definition) is 2. The van der Waals surface area contributed by atoms with Crippen LogP contribution in [0.25, 0.3) is 0 Å². The number of thiol groups is 1. The van der Waals surface area contributed by atoms with E-state index in [0.717, 1.165) is 0 Å². The zero-order chi connectivity index (χ0) is 7.56. The number of rotatable bonds is 1. The van der Waals surface area contributed by atoms with E-state index in [9.17, 15) is 5.11 Å². The third-order valence-electron chi connectivity index (χ3n) is 1.59. The fraction of sp³-hybridized carbons (Fsp3) is 1.00. The summed E-state index contributed by atoms with van der Waals surface area (Å²) in [5, 5.41) is 9.18. The van der Waals surface area contributed by atoms with Crippen molar-refractivity contribution in [3.63, 3.8) is 0 Å². The second-order valence-electron chi connectivity index (χ2n) is 2.37. The normalized spacial score (nSPS) is 41.7. The van der Waals surface area contributed by atoms with Crippen molar-refractivity contribution >= 4 is 12.6 Å². The SMILES string of the molecule is COC1CC(O)C(S)CO1. The highest BCUT2D eigenvalue weighted by atomic mass is 32.1. The molecule has 3 nitrogen and oxygen atoms in total. The fourth-order valence-corrected chi connectivity index (χ4v) is 1.11. The van der Waals surface area contributed by atoms with Crippen molar-refractivity contribution in [1.82, 2.24) is 0 Å². The molecule has 0 aromatic carbocycles. The number of methoxy groups -OCH3 is 1. The third kappa shape index (κ3) is 1.85. The lowest BCUT2D eigenvalue weighted by molar-refractivity contribution is -0.167. The molecule has 1 N–H and O–H groups in total. The van der Waals surface area contributed by atoms with Crippen LogP contribution in [0.3, 0.4) is 0 Å². The number of aliphatic hydroxyl groups is 1. The van der Waals surface area contributed by atoms with Gasteiger partial charge in [0.2, 0.25) is 0 Å². The van der Waals surface area contributed by atoms with Crippen LogP contribution in [0.5, 0.6) is 0 Å². The predicted molar refractivity (Wildman–Crippen MR) is 40.1 cm³/mol. The minimum absolute atomic E-state index is 0.0635. The Morgan fingerprint density at radius 1 is 1.70 bits per heavy atom. The molecular formula is C6H12O3S. The Labute approximate surface area is 65.7 Å². The molecule has 1 aliphatic rings. The Bertz CT molecular complexity index is 109.